The molecule has 2 heteroatoms. The topological polar surface area (TPSA) is 27.0 Å². The molecule has 2 rings (SSSR count). The molecule has 1 aromatic rings. The number of nitriles is 1. The smallest absolute Gasteiger partial charge is 0.0625 e. The first kappa shape index (κ1) is 12.1. The fraction of sp³-hybridized carbons (Fsp3) is 0.533. The van der Waals surface area contributed by atoms with Crippen LogP contribution in [0.5, 0.6) is 0 Å². The van der Waals surface area contributed by atoms with Crippen LogP contribution in [-0.4, -0.2) is 18.0 Å². The van der Waals surface area contributed by atoms with Crippen LogP contribution in [0.3, 0.4) is 0 Å². The Hall–Kier alpha value is -1.33. The van der Waals surface area contributed by atoms with E-state index in [0.29, 0.717) is 12.3 Å². The summed E-state index contributed by atoms with van der Waals surface area (Å²) in [4.78, 5) is 2.48. The lowest BCUT2D eigenvalue weighted by Crippen LogP contribution is -2.34. The Balaban J connectivity index is 1.90. The average molecular weight is 228 g/mol. The van der Waals surface area contributed by atoms with E-state index in [1.54, 1.807) is 0 Å². The molecule has 1 aliphatic heterocycles. The van der Waals surface area contributed by atoms with Gasteiger partial charge in [-0.25, -0.2) is 0 Å². The van der Waals surface area contributed by atoms with Crippen LogP contribution in [0.2, 0.25) is 0 Å². The van der Waals surface area contributed by atoms with Gasteiger partial charge in [0.05, 0.1) is 6.07 Å². The fourth-order valence-corrected chi connectivity index (χ4v) is 2.54. The van der Waals surface area contributed by atoms with E-state index in [1.165, 1.54) is 30.5 Å². The number of aryl methyl sites for hydroxylation is 1. The zero-order valence-electron chi connectivity index (χ0n) is 10.5. The Kier molecular flexibility index (Phi) is 4.17. The molecule has 0 spiro atoms. The molecule has 90 valence electrons. The highest BCUT2D eigenvalue weighted by atomic mass is 15.1. The van der Waals surface area contributed by atoms with Crippen molar-refractivity contribution in [3.63, 3.8) is 0 Å². The van der Waals surface area contributed by atoms with E-state index in [9.17, 15) is 0 Å². The summed E-state index contributed by atoms with van der Waals surface area (Å²) in [7, 11) is 0. The quantitative estimate of drug-likeness (QED) is 0.794. The molecule has 0 bridgehead atoms. The summed E-state index contributed by atoms with van der Waals surface area (Å²) in [6.45, 7) is 5.41. The summed E-state index contributed by atoms with van der Waals surface area (Å²) in [6.07, 6.45) is 3.17. The Morgan fingerprint density at radius 3 is 2.82 bits per heavy atom. The van der Waals surface area contributed by atoms with Crippen LogP contribution in [-0.2, 0) is 6.54 Å². The fourth-order valence-electron chi connectivity index (χ4n) is 2.54. The van der Waals surface area contributed by atoms with Gasteiger partial charge in [-0.1, -0.05) is 29.8 Å². The van der Waals surface area contributed by atoms with E-state index in [-0.39, 0.29) is 0 Å². The van der Waals surface area contributed by atoms with E-state index in [4.69, 9.17) is 5.26 Å². The number of hydrogen-bond donors (Lipinski definition) is 0. The lowest BCUT2D eigenvalue weighted by Gasteiger charge is -2.31. The standard InChI is InChI=1S/C15H20N2/c1-13-4-6-15(7-5-13)12-17-10-2-3-14(11-17)8-9-16/h4-7,14H,2-3,8,10-12H2,1H3. The second kappa shape index (κ2) is 5.84. The molecule has 1 aromatic carbocycles. The SMILES string of the molecule is Cc1ccc(CN2CCCC(CC#N)C2)cc1. The number of benzene rings is 1. The van der Waals surface area contributed by atoms with Crippen molar-refractivity contribution in [1.29, 1.82) is 5.26 Å². The molecule has 17 heavy (non-hydrogen) atoms. The van der Waals surface area contributed by atoms with Gasteiger partial charge in [0.15, 0.2) is 0 Å². The van der Waals surface area contributed by atoms with Crippen LogP contribution in [0.4, 0.5) is 0 Å². The van der Waals surface area contributed by atoms with Crippen molar-refractivity contribution in [1.82, 2.24) is 4.90 Å². The molecule has 2 nitrogen and oxygen atoms in total. The first-order valence-corrected chi connectivity index (χ1v) is 6.43. The molecule has 0 aromatic heterocycles. The van der Waals surface area contributed by atoms with Crippen LogP contribution in [0.1, 0.15) is 30.4 Å². The predicted molar refractivity (Wildman–Crippen MR) is 69.4 cm³/mol. The number of hydrogen-bond acceptors (Lipinski definition) is 2. The molecule has 0 aliphatic carbocycles. The molecular weight excluding hydrogens is 208 g/mol. The molecule has 0 radical (unpaired) electrons. The summed E-state index contributed by atoms with van der Waals surface area (Å²) in [5.41, 5.74) is 2.70. The summed E-state index contributed by atoms with van der Waals surface area (Å²) >= 11 is 0. The van der Waals surface area contributed by atoms with Crippen molar-refractivity contribution >= 4 is 0 Å². The van der Waals surface area contributed by atoms with Crippen molar-refractivity contribution in [2.75, 3.05) is 13.1 Å². The van der Waals surface area contributed by atoms with E-state index >= 15 is 0 Å². The van der Waals surface area contributed by atoms with Crippen molar-refractivity contribution < 1.29 is 0 Å². The van der Waals surface area contributed by atoms with Gasteiger partial charge < -0.3 is 0 Å². The van der Waals surface area contributed by atoms with Crippen LogP contribution in [0, 0.1) is 24.2 Å². The van der Waals surface area contributed by atoms with Gasteiger partial charge in [-0.05, 0) is 37.8 Å². The first-order chi connectivity index (χ1) is 8.28. The monoisotopic (exact) mass is 228 g/mol. The summed E-state index contributed by atoms with van der Waals surface area (Å²) in [5, 5.41) is 8.76. The third-order valence-corrected chi connectivity index (χ3v) is 3.51. The molecule has 1 unspecified atom stereocenters. The number of likely N-dealkylation sites (tertiary alicyclic amines) is 1. The predicted octanol–water partition coefficient (Wildman–Crippen LogP) is 3.12. The van der Waals surface area contributed by atoms with Crippen LogP contribution >= 0.6 is 0 Å². The maximum Gasteiger partial charge on any atom is 0.0625 e. The Labute approximate surface area is 104 Å². The van der Waals surface area contributed by atoms with E-state index in [0.717, 1.165) is 13.1 Å². The molecule has 0 saturated carbocycles. The van der Waals surface area contributed by atoms with Gasteiger partial charge in [0, 0.05) is 19.5 Å². The minimum absolute atomic E-state index is 0.583. The highest BCUT2D eigenvalue weighted by Crippen LogP contribution is 2.20. The van der Waals surface area contributed by atoms with E-state index in [2.05, 4.69) is 42.2 Å². The van der Waals surface area contributed by atoms with Gasteiger partial charge >= 0.3 is 0 Å². The Bertz CT molecular complexity index is 388. The largest absolute Gasteiger partial charge is 0.299 e. The molecule has 1 fully saturated rings. The second-order valence-electron chi connectivity index (χ2n) is 5.09. The van der Waals surface area contributed by atoms with Crippen LogP contribution in [0.25, 0.3) is 0 Å². The van der Waals surface area contributed by atoms with Crippen LogP contribution < -0.4 is 0 Å². The average Bonchev–Trinajstić information content (AvgIpc) is 2.33. The minimum atomic E-state index is 0.583. The van der Waals surface area contributed by atoms with Gasteiger partial charge in [-0.15, -0.1) is 0 Å². The molecule has 1 aliphatic rings. The second-order valence-corrected chi connectivity index (χ2v) is 5.09. The van der Waals surface area contributed by atoms with Gasteiger partial charge in [0.25, 0.3) is 0 Å². The van der Waals surface area contributed by atoms with Crippen molar-refractivity contribution in [3.05, 3.63) is 35.4 Å². The summed E-state index contributed by atoms with van der Waals surface area (Å²) in [6, 6.07) is 11.1. The zero-order valence-corrected chi connectivity index (χ0v) is 10.5. The van der Waals surface area contributed by atoms with Crippen molar-refractivity contribution in [2.45, 2.75) is 32.7 Å². The Morgan fingerprint density at radius 2 is 2.12 bits per heavy atom. The van der Waals surface area contributed by atoms with Gasteiger partial charge in [0.1, 0.15) is 0 Å². The molecule has 1 atom stereocenters. The summed E-state index contributed by atoms with van der Waals surface area (Å²) < 4.78 is 0. The minimum Gasteiger partial charge on any atom is -0.299 e. The van der Waals surface area contributed by atoms with E-state index < -0.39 is 0 Å². The van der Waals surface area contributed by atoms with Gasteiger partial charge in [-0.2, -0.15) is 5.26 Å². The summed E-state index contributed by atoms with van der Waals surface area (Å²) in [5.74, 6) is 0.583. The molecule has 1 heterocycles. The lowest BCUT2D eigenvalue weighted by molar-refractivity contribution is 0.169. The first-order valence-electron chi connectivity index (χ1n) is 6.43. The normalized spacial score (nSPS) is 21.1. The van der Waals surface area contributed by atoms with Crippen LogP contribution in [0.15, 0.2) is 24.3 Å². The van der Waals surface area contributed by atoms with Crippen molar-refractivity contribution in [3.8, 4) is 6.07 Å². The molecule has 0 N–H and O–H groups in total. The maximum absolute atomic E-state index is 8.76. The van der Waals surface area contributed by atoms with Gasteiger partial charge in [0.2, 0.25) is 0 Å². The molecular formula is C15H20N2. The Morgan fingerprint density at radius 1 is 1.35 bits per heavy atom. The zero-order chi connectivity index (χ0) is 12.1. The number of nitrogens with zero attached hydrogens (tertiary/aromatic N) is 2. The highest BCUT2D eigenvalue weighted by Gasteiger charge is 2.19. The number of piperidine rings is 1. The maximum atomic E-state index is 8.76. The number of rotatable bonds is 3. The lowest BCUT2D eigenvalue weighted by atomic mass is 9.95. The van der Waals surface area contributed by atoms with E-state index in [1.807, 2.05) is 0 Å². The third kappa shape index (κ3) is 3.57. The molecule has 0 amide bonds. The van der Waals surface area contributed by atoms with Gasteiger partial charge in [-0.3, -0.25) is 4.90 Å². The molecule has 1 saturated heterocycles. The highest BCUT2D eigenvalue weighted by molar-refractivity contribution is 5.21. The van der Waals surface area contributed by atoms with Crippen molar-refractivity contribution in [2.24, 2.45) is 5.92 Å². The third-order valence-electron chi connectivity index (χ3n) is 3.51.